The van der Waals surface area contributed by atoms with Crippen molar-refractivity contribution >= 4 is 0 Å². The lowest BCUT2D eigenvalue weighted by Gasteiger charge is -2.08. The van der Waals surface area contributed by atoms with Crippen LogP contribution in [0.3, 0.4) is 0 Å². The Morgan fingerprint density at radius 2 is 0.524 bits per heavy atom. The van der Waals surface area contributed by atoms with E-state index in [2.05, 4.69) is 38.0 Å². The Bertz CT molecular complexity index is 170. The third-order valence-electron chi connectivity index (χ3n) is 4.21. The molecule has 0 aromatic heterocycles. The first-order chi connectivity index (χ1) is 10.1. The van der Waals surface area contributed by atoms with Gasteiger partial charge in [0.2, 0.25) is 0 Å². The first-order valence-corrected chi connectivity index (χ1v) is 9.42. The lowest BCUT2D eigenvalue weighted by molar-refractivity contribution is 0.388. The first kappa shape index (κ1) is 20.9. The summed E-state index contributed by atoms with van der Waals surface area (Å²) in [6.07, 6.45) is 18.7. The van der Waals surface area contributed by atoms with Crippen molar-refractivity contribution in [3.05, 3.63) is 0 Å². The van der Waals surface area contributed by atoms with Gasteiger partial charge in [-0.2, -0.15) is 0 Å². The SMILES string of the molecule is CN(C)CCCCCCCCCCCCCCCN(C)C. The Balaban J connectivity index is 2.96. The van der Waals surface area contributed by atoms with E-state index in [-0.39, 0.29) is 0 Å². The summed E-state index contributed by atoms with van der Waals surface area (Å²) in [6, 6.07) is 0. The normalized spacial score (nSPS) is 11.7. The smallest absolute Gasteiger partial charge is 0.00248 e. The molecule has 0 amide bonds. The maximum absolute atomic E-state index is 2.29. The molecule has 2 nitrogen and oxygen atoms in total. The van der Waals surface area contributed by atoms with Crippen LogP contribution in [0.25, 0.3) is 0 Å². The zero-order valence-electron chi connectivity index (χ0n) is 15.5. The Labute approximate surface area is 135 Å². The number of nitrogens with zero attached hydrogens (tertiary/aromatic N) is 2. The number of rotatable bonds is 16. The third-order valence-corrected chi connectivity index (χ3v) is 4.21. The molecule has 0 bridgehead atoms. The fourth-order valence-electron chi connectivity index (χ4n) is 2.80. The molecule has 0 aliphatic carbocycles. The van der Waals surface area contributed by atoms with Crippen LogP contribution in [0.15, 0.2) is 0 Å². The first-order valence-electron chi connectivity index (χ1n) is 9.42. The van der Waals surface area contributed by atoms with Gasteiger partial charge in [0.05, 0.1) is 0 Å². The van der Waals surface area contributed by atoms with Gasteiger partial charge < -0.3 is 9.80 Å². The molecule has 0 unspecified atom stereocenters. The van der Waals surface area contributed by atoms with Gasteiger partial charge >= 0.3 is 0 Å². The molecule has 0 saturated carbocycles. The topological polar surface area (TPSA) is 6.48 Å². The third kappa shape index (κ3) is 19.9. The van der Waals surface area contributed by atoms with Gasteiger partial charge in [0.1, 0.15) is 0 Å². The highest BCUT2D eigenvalue weighted by molar-refractivity contribution is 4.51. The molecule has 0 fully saturated rings. The van der Waals surface area contributed by atoms with Crippen molar-refractivity contribution in [1.82, 2.24) is 9.80 Å². The largest absolute Gasteiger partial charge is 0.309 e. The number of unbranched alkanes of at least 4 members (excludes halogenated alkanes) is 12. The zero-order chi connectivity index (χ0) is 15.8. The Kier molecular flexibility index (Phi) is 16.2. The van der Waals surface area contributed by atoms with Gasteiger partial charge in [0.25, 0.3) is 0 Å². The van der Waals surface area contributed by atoms with Crippen LogP contribution in [0.2, 0.25) is 0 Å². The second-order valence-electron chi connectivity index (χ2n) is 7.20. The number of hydrogen-bond acceptors (Lipinski definition) is 2. The molecule has 0 spiro atoms. The Hall–Kier alpha value is -0.0800. The molecule has 128 valence electrons. The molecular weight excluding hydrogens is 256 g/mol. The van der Waals surface area contributed by atoms with E-state index in [0.29, 0.717) is 0 Å². The standard InChI is InChI=1S/C19H42N2/c1-20(2)18-16-14-12-10-8-6-5-7-9-11-13-15-17-19-21(3)4/h5-19H2,1-4H3. The quantitative estimate of drug-likeness (QED) is 0.362. The van der Waals surface area contributed by atoms with Gasteiger partial charge in [-0.15, -0.1) is 0 Å². The van der Waals surface area contributed by atoms with Gasteiger partial charge in [0, 0.05) is 0 Å². The predicted molar refractivity (Wildman–Crippen MR) is 97.1 cm³/mol. The van der Waals surface area contributed by atoms with Gasteiger partial charge in [-0.25, -0.2) is 0 Å². The molecular formula is C19H42N2. The second kappa shape index (κ2) is 16.3. The maximum atomic E-state index is 2.29. The fraction of sp³-hybridized carbons (Fsp3) is 1.00. The molecule has 0 heterocycles. The van der Waals surface area contributed by atoms with Crippen LogP contribution in [0.5, 0.6) is 0 Å². The minimum Gasteiger partial charge on any atom is -0.309 e. The van der Waals surface area contributed by atoms with Crippen molar-refractivity contribution < 1.29 is 0 Å². The summed E-state index contributed by atoms with van der Waals surface area (Å²) in [5.74, 6) is 0. The van der Waals surface area contributed by atoms with Crippen molar-refractivity contribution in [2.45, 2.75) is 83.5 Å². The summed E-state index contributed by atoms with van der Waals surface area (Å²) in [5.41, 5.74) is 0. The van der Waals surface area contributed by atoms with Crippen molar-refractivity contribution in [3.63, 3.8) is 0 Å². The molecule has 0 aromatic carbocycles. The van der Waals surface area contributed by atoms with E-state index in [9.17, 15) is 0 Å². The van der Waals surface area contributed by atoms with Crippen LogP contribution in [-0.2, 0) is 0 Å². The van der Waals surface area contributed by atoms with Crippen LogP contribution in [-0.4, -0.2) is 51.1 Å². The van der Waals surface area contributed by atoms with E-state index in [0.717, 1.165) is 0 Å². The van der Waals surface area contributed by atoms with Crippen LogP contribution in [0.4, 0.5) is 0 Å². The van der Waals surface area contributed by atoms with Crippen LogP contribution < -0.4 is 0 Å². The van der Waals surface area contributed by atoms with Gasteiger partial charge in [0.15, 0.2) is 0 Å². The molecule has 0 aliphatic rings. The average molecular weight is 299 g/mol. The summed E-state index contributed by atoms with van der Waals surface area (Å²) >= 11 is 0. The van der Waals surface area contributed by atoms with Crippen molar-refractivity contribution in [1.29, 1.82) is 0 Å². The Morgan fingerprint density at radius 3 is 0.714 bits per heavy atom. The zero-order valence-corrected chi connectivity index (χ0v) is 15.5. The summed E-state index contributed by atoms with van der Waals surface area (Å²) in [4.78, 5) is 4.58. The van der Waals surface area contributed by atoms with E-state index in [1.807, 2.05) is 0 Å². The van der Waals surface area contributed by atoms with E-state index in [4.69, 9.17) is 0 Å². The van der Waals surface area contributed by atoms with Crippen molar-refractivity contribution in [3.8, 4) is 0 Å². The average Bonchev–Trinajstić information content (AvgIpc) is 2.42. The molecule has 0 aliphatic heterocycles. The summed E-state index contributed by atoms with van der Waals surface area (Å²) in [7, 11) is 8.68. The highest BCUT2D eigenvalue weighted by Gasteiger charge is 1.95. The maximum Gasteiger partial charge on any atom is -0.00248 e. The molecule has 0 aromatic rings. The Morgan fingerprint density at radius 1 is 0.333 bits per heavy atom. The molecule has 0 N–H and O–H groups in total. The van der Waals surface area contributed by atoms with E-state index < -0.39 is 0 Å². The molecule has 21 heavy (non-hydrogen) atoms. The van der Waals surface area contributed by atoms with E-state index in [1.54, 1.807) is 0 Å². The minimum atomic E-state index is 1.26. The van der Waals surface area contributed by atoms with E-state index in [1.165, 1.54) is 96.6 Å². The molecule has 2 heteroatoms. The lowest BCUT2D eigenvalue weighted by atomic mass is 10.0. The van der Waals surface area contributed by atoms with Gasteiger partial charge in [-0.05, 0) is 54.1 Å². The highest BCUT2D eigenvalue weighted by Crippen LogP contribution is 2.12. The monoisotopic (exact) mass is 298 g/mol. The molecule has 0 atom stereocenters. The van der Waals surface area contributed by atoms with Crippen molar-refractivity contribution in [2.75, 3.05) is 41.3 Å². The van der Waals surface area contributed by atoms with Gasteiger partial charge in [-0.1, -0.05) is 70.6 Å². The second-order valence-corrected chi connectivity index (χ2v) is 7.20. The summed E-state index contributed by atoms with van der Waals surface area (Å²) in [5, 5.41) is 0. The molecule has 0 saturated heterocycles. The highest BCUT2D eigenvalue weighted by atomic mass is 15.0. The molecule has 0 radical (unpaired) electrons. The summed E-state index contributed by atoms with van der Waals surface area (Å²) in [6.45, 7) is 2.52. The van der Waals surface area contributed by atoms with E-state index >= 15 is 0 Å². The fourth-order valence-corrected chi connectivity index (χ4v) is 2.80. The lowest BCUT2D eigenvalue weighted by Crippen LogP contribution is -2.12. The minimum absolute atomic E-state index is 1.26. The van der Waals surface area contributed by atoms with Gasteiger partial charge in [-0.3, -0.25) is 0 Å². The van der Waals surface area contributed by atoms with Crippen LogP contribution in [0.1, 0.15) is 83.5 Å². The van der Waals surface area contributed by atoms with Crippen LogP contribution in [0, 0.1) is 0 Å². The number of hydrogen-bond donors (Lipinski definition) is 0. The summed E-state index contributed by atoms with van der Waals surface area (Å²) < 4.78 is 0. The van der Waals surface area contributed by atoms with Crippen molar-refractivity contribution in [2.24, 2.45) is 0 Å². The molecule has 0 rings (SSSR count). The predicted octanol–water partition coefficient (Wildman–Crippen LogP) is 5.18. The van der Waals surface area contributed by atoms with Crippen LogP contribution >= 0.6 is 0 Å².